The predicted octanol–water partition coefficient (Wildman–Crippen LogP) is 4.12. The molecule has 1 N–H and O–H groups in total. The van der Waals surface area contributed by atoms with Crippen LogP contribution in [0.25, 0.3) is 0 Å². The quantitative estimate of drug-likeness (QED) is 0.872. The van der Waals surface area contributed by atoms with Crippen molar-refractivity contribution >= 4 is 17.2 Å². The molecule has 0 aliphatic carbocycles. The molecule has 2 nitrogen and oxygen atoms in total. The van der Waals surface area contributed by atoms with Gasteiger partial charge in [-0.15, -0.1) is 11.3 Å². The molecule has 1 amide bonds. The molecule has 0 aliphatic rings. The molecule has 0 saturated heterocycles. The fourth-order valence-electron chi connectivity index (χ4n) is 2.18. The third kappa shape index (κ3) is 3.44. The van der Waals surface area contributed by atoms with Crippen molar-refractivity contribution in [2.75, 3.05) is 0 Å². The zero-order valence-corrected chi connectivity index (χ0v) is 12.1. The largest absolute Gasteiger partial charge is 0.348 e. The Morgan fingerprint density at radius 3 is 2.53 bits per heavy atom. The van der Waals surface area contributed by atoms with Crippen LogP contribution in [-0.4, -0.2) is 5.91 Å². The van der Waals surface area contributed by atoms with E-state index < -0.39 is 0 Å². The van der Waals surface area contributed by atoms with Gasteiger partial charge in [-0.3, -0.25) is 4.79 Å². The highest BCUT2D eigenvalue weighted by Gasteiger charge is 2.20. The summed E-state index contributed by atoms with van der Waals surface area (Å²) in [5, 5.41) is 5.14. The Kier molecular flexibility index (Phi) is 4.74. The minimum Gasteiger partial charge on any atom is -0.348 e. The highest BCUT2D eigenvalue weighted by Crippen LogP contribution is 2.23. The van der Waals surface area contributed by atoms with Gasteiger partial charge in [-0.1, -0.05) is 43.3 Å². The maximum Gasteiger partial charge on any atom is 0.228 e. The summed E-state index contributed by atoms with van der Waals surface area (Å²) >= 11 is 1.67. The van der Waals surface area contributed by atoms with Gasteiger partial charge in [-0.25, -0.2) is 0 Å². The van der Waals surface area contributed by atoms with Crippen LogP contribution < -0.4 is 5.32 Å². The zero-order valence-electron chi connectivity index (χ0n) is 11.3. The minimum atomic E-state index is -0.0661. The van der Waals surface area contributed by atoms with Crippen molar-refractivity contribution in [3.8, 4) is 0 Å². The summed E-state index contributed by atoms with van der Waals surface area (Å²) in [5.41, 5.74) is 1.08. The van der Waals surface area contributed by atoms with Crippen LogP contribution in [0, 0.1) is 0 Å². The standard InChI is InChI=1S/C16H19NOS/c1-3-14(13-8-5-4-6-9-13)16(18)17-12(2)15-10-7-11-19-15/h4-12,14H,3H2,1-2H3,(H,17,18). The molecule has 0 bridgehead atoms. The van der Waals surface area contributed by atoms with E-state index in [1.807, 2.05) is 55.6 Å². The first-order chi connectivity index (χ1) is 9.22. The van der Waals surface area contributed by atoms with Crippen LogP contribution in [0.1, 0.15) is 42.7 Å². The molecular formula is C16H19NOS. The Hall–Kier alpha value is -1.61. The average Bonchev–Trinajstić information content (AvgIpc) is 2.94. The van der Waals surface area contributed by atoms with Crippen molar-refractivity contribution in [1.82, 2.24) is 5.32 Å². The topological polar surface area (TPSA) is 29.1 Å². The number of benzene rings is 1. The second kappa shape index (κ2) is 6.53. The fourth-order valence-corrected chi connectivity index (χ4v) is 2.92. The van der Waals surface area contributed by atoms with Gasteiger partial charge in [-0.05, 0) is 30.4 Å². The first kappa shape index (κ1) is 13.8. The molecule has 100 valence electrons. The van der Waals surface area contributed by atoms with Gasteiger partial charge >= 0.3 is 0 Å². The summed E-state index contributed by atoms with van der Waals surface area (Å²) in [6.07, 6.45) is 0.813. The molecule has 2 unspecified atom stereocenters. The van der Waals surface area contributed by atoms with Gasteiger partial charge in [0.25, 0.3) is 0 Å². The van der Waals surface area contributed by atoms with Crippen LogP contribution >= 0.6 is 11.3 Å². The lowest BCUT2D eigenvalue weighted by molar-refractivity contribution is -0.123. The van der Waals surface area contributed by atoms with E-state index in [4.69, 9.17) is 0 Å². The molecule has 0 radical (unpaired) electrons. The molecular weight excluding hydrogens is 254 g/mol. The van der Waals surface area contributed by atoms with Gasteiger partial charge in [-0.2, -0.15) is 0 Å². The molecule has 0 spiro atoms. The molecule has 1 aromatic heterocycles. The number of hydrogen-bond donors (Lipinski definition) is 1. The van der Waals surface area contributed by atoms with Gasteiger partial charge in [0.15, 0.2) is 0 Å². The molecule has 2 aromatic rings. The van der Waals surface area contributed by atoms with Gasteiger partial charge in [0, 0.05) is 4.88 Å². The second-order valence-electron chi connectivity index (χ2n) is 4.62. The van der Waals surface area contributed by atoms with Crippen molar-refractivity contribution in [3.05, 3.63) is 58.3 Å². The Morgan fingerprint density at radius 1 is 1.21 bits per heavy atom. The van der Waals surface area contributed by atoms with Crippen LogP contribution in [0.3, 0.4) is 0 Å². The summed E-state index contributed by atoms with van der Waals surface area (Å²) in [5.74, 6) is 0.0400. The van der Waals surface area contributed by atoms with E-state index >= 15 is 0 Å². The number of amides is 1. The summed E-state index contributed by atoms with van der Waals surface area (Å²) in [7, 11) is 0. The lowest BCUT2D eigenvalue weighted by atomic mass is 9.95. The first-order valence-electron chi connectivity index (χ1n) is 6.61. The highest BCUT2D eigenvalue weighted by atomic mass is 32.1. The Balaban J connectivity index is 2.06. The van der Waals surface area contributed by atoms with Crippen molar-refractivity contribution in [1.29, 1.82) is 0 Å². The van der Waals surface area contributed by atoms with Crippen LogP contribution in [0.4, 0.5) is 0 Å². The molecule has 2 rings (SSSR count). The normalized spacial score (nSPS) is 13.8. The number of hydrogen-bond acceptors (Lipinski definition) is 2. The van der Waals surface area contributed by atoms with Crippen LogP contribution in [0.15, 0.2) is 47.8 Å². The van der Waals surface area contributed by atoms with Crippen LogP contribution in [0.5, 0.6) is 0 Å². The maximum absolute atomic E-state index is 12.4. The van der Waals surface area contributed by atoms with E-state index in [1.54, 1.807) is 11.3 Å². The summed E-state index contributed by atoms with van der Waals surface area (Å²) < 4.78 is 0. The maximum atomic E-state index is 12.4. The van der Waals surface area contributed by atoms with Crippen molar-refractivity contribution in [3.63, 3.8) is 0 Å². The molecule has 19 heavy (non-hydrogen) atoms. The molecule has 0 aliphatic heterocycles. The Morgan fingerprint density at radius 2 is 1.95 bits per heavy atom. The minimum absolute atomic E-state index is 0.0661. The number of thiophene rings is 1. The van der Waals surface area contributed by atoms with Crippen molar-refractivity contribution in [2.24, 2.45) is 0 Å². The number of carbonyl (C=O) groups excluding carboxylic acids is 1. The number of rotatable bonds is 5. The van der Waals surface area contributed by atoms with Gasteiger partial charge in [0.05, 0.1) is 12.0 Å². The Bertz CT molecular complexity index is 507. The summed E-state index contributed by atoms with van der Waals surface area (Å²) in [4.78, 5) is 13.6. The summed E-state index contributed by atoms with van der Waals surface area (Å²) in [6.45, 7) is 4.08. The zero-order chi connectivity index (χ0) is 13.7. The second-order valence-corrected chi connectivity index (χ2v) is 5.60. The van der Waals surface area contributed by atoms with E-state index in [-0.39, 0.29) is 17.9 Å². The average molecular weight is 273 g/mol. The van der Waals surface area contributed by atoms with Crippen molar-refractivity contribution in [2.45, 2.75) is 32.2 Å². The number of carbonyl (C=O) groups is 1. The van der Waals surface area contributed by atoms with Gasteiger partial charge in [0.2, 0.25) is 5.91 Å². The molecule has 0 saturated carbocycles. The van der Waals surface area contributed by atoms with Crippen LogP contribution in [0.2, 0.25) is 0 Å². The third-order valence-electron chi connectivity index (χ3n) is 3.26. The van der Waals surface area contributed by atoms with Crippen LogP contribution in [-0.2, 0) is 4.79 Å². The lowest BCUT2D eigenvalue weighted by Crippen LogP contribution is -2.31. The van der Waals surface area contributed by atoms with E-state index in [1.165, 1.54) is 4.88 Å². The fraction of sp³-hybridized carbons (Fsp3) is 0.312. The molecule has 2 atom stereocenters. The molecule has 1 heterocycles. The van der Waals surface area contributed by atoms with Gasteiger partial charge in [0.1, 0.15) is 0 Å². The predicted molar refractivity (Wildman–Crippen MR) is 80.4 cm³/mol. The first-order valence-corrected chi connectivity index (χ1v) is 7.49. The monoisotopic (exact) mass is 273 g/mol. The Labute approximate surface area is 118 Å². The molecule has 3 heteroatoms. The SMILES string of the molecule is CCC(C(=O)NC(C)c1cccs1)c1ccccc1. The van der Waals surface area contributed by atoms with E-state index in [0.29, 0.717) is 0 Å². The smallest absolute Gasteiger partial charge is 0.228 e. The van der Waals surface area contributed by atoms with Crippen molar-refractivity contribution < 1.29 is 4.79 Å². The lowest BCUT2D eigenvalue weighted by Gasteiger charge is -2.19. The van der Waals surface area contributed by atoms with E-state index in [0.717, 1.165) is 12.0 Å². The number of nitrogens with one attached hydrogen (secondary N) is 1. The molecule has 1 aromatic carbocycles. The van der Waals surface area contributed by atoms with E-state index in [9.17, 15) is 4.79 Å². The van der Waals surface area contributed by atoms with E-state index in [2.05, 4.69) is 11.4 Å². The highest BCUT2D eigenvalue weighted by molar-refractivity contribution is 7.10. The molecule has 0 fully saturated rings. The van der Waals surface area contributed by atoms with Gasteiger partial charge < -0.3 is 5.32 Å². The third-order valence-corrected chi connectivity index (χ3v) is 4.31. The summed E-state index contributed by atoms with van der Waals surface area (Å²) in [6, 6.07) is 14.1.